The molecule has 0 saturated heterocycles. The van der Waals surface area contributed by atoms with Crippen LogP contribution in [0.5, 0.6) is 5.75 Å². The molecule has 0 bridgehead atoms. The molecule has 1 aromatic carbocycles. The van der Waals surface area contributed by atoms with Crippen molar-refractivity contribution < 1.29 is 9.26 Å². The van der Waals surface area contributed by atoms with E-state index in [0.717, 1.165) is 24.3 Å². The van der Waals surface area contributed by atoms with Gasteiger partial charge in [-0.25, -0.2) is 0 Å². The third-order valence-electron chi connectivity index (χ3n) is 3.74. The first-order valence-corrected chi connectivity index (χ1v) is 7.48. The van der Waals surface area contributed by atoms with Crippen molar-refractivity contribution in [1.29, 1.82) is 0 Å². The van der Waals surface area contributed by atoms with Crippen molar-refractivity contribution >= 4 is 12.4 Å². The minimum atomic E-state index is 0. The molecule has 5 nitrogen and oxygen atoms in total. The number of nitrogens with zero attached hydrogens (tertiary/aromatic N) is 2. The first kappa shape index (κ1) is 16.8. The predicted molar refractivity (Wildman–Crippen MR) is 87.4 cm³/mol. The zero-order chi connectivity index (χ0) is 14.7. The van der Waals surface area contributed by atoms with Gasteiger partial charge in [0.15, 0.2) is 5.82 Å². The highest BCUT2D eigenvalue weighted by molar-refractivity contribution is 5.85. The van der Waals surface area contributed by atoms with Crippen LogP contribution in [0.2, 0.25) is 0 Å². The summed E-state index contributed by atoms with van der Waals surface area (Å²) >= 11 is 0. The van der Waals surface area contributed by atoms with Gasteiger partial charge in [0.25, 0.3) is 5.89 Å². The fraction of sp³-hybridized carbons (Fsp3) is 0.500. The first-order valence-electron chi connectivity index (χ1n) is 7.48. The molecule has 3 rings (SSSR count). The Morgan fingerprint density at radius 2 is 2.14 bits per heavy atom. The van der Waals surface area contributed by atoms with Gasteiger partial charge in [0.05, 0.1) is 12.2 Å². The Morgan fingerprint density at radius 3 is 2.86 bits per heavy atom. The lowest BCUT2D eigenvalue weighted by Gasteiger charge is -2.08. The minimum Gasteiger partial charge on any atom is -0.492 e. The van der Waals surface area contributed by atoms with Gasteiger partial charge in [0, 0.05) is 12.5 Å². The van der Waals surface area contributed by atoms with Gasteiger partial charge >= 0.3 is 0 Å². The summed E-state index contributed by atoms with van der Waals surface area (Å²) in [5, 5.41) is 7.21. The van der Waals surface area contributed by atoms with Gasteiger partial charge in [-0.05, 0) is 44.9 Å². The Kier molecular flexibility index (Phi) is 5.80. The zero-order valence-corrected chi connectivity index (χ0v) is 13.7. The van der Waals surface area contributed by atoms with E-state index < -0.39 is 0 Å². The lowest BCUT2D eigenvalue weighted by atomic mass is 10.2. The van der Waals surface area contributed by atoms with Crippen molar-refractivity contribution in [2.24, 2.45) is 5.92 Å². The molecule has 1 aromatic heterocycles. The number of halogens is 1. The van der Waals surface area contributed by atoms with Crippen molar-refractivity contribution in [3.8, 4) is 17.2 Å². The maximum absolute atomic E-state index is 5.89. The third-order valence-corrected chi connectivity index (χ3v) is 3.74. The van der Waals surface area contributed by atoms with E-state index in [0.29, 0.717) is 23.7 Å². The van der Waals surface area contributed by atoms with Crippen molar-refractivity contribution in [2.45, 2.75) is 32.2 Å². The summed E-state index contributed by atoms with van der Waals surface area (Å²) in [6, 6.07) is 8.15. The summed E-state index contributed by atoms with van der Waals surface area (Å²) in [7, 11) is 1.92. The van der Waals surface area contributed by atoms with Crippen molar-refractivity contribution in [3.05, 3.63) is 30.1 Å². The van der Waals surface area contributed by atoms with Crippen LogP contribution in [0.3, 0.4) is 0 Å². The Hall–Kier alpha value is -1.59. The highest BCUT2D eigenvalue weighted by Crippen LogP contribution is 2.33. The van der Waals surface area contributed by atoms with Crippen LogP contribution in [-0.4, -0.2) is 29.8 Å². The number of likely N-dealkylation sites (N-methyl/N-ethyl adjacent to an activating group) is 1. The third kappa shape index (κ3) is 4.21. The molecule has 0 aliphatic heterocycles. The number of nitrogens with one attached hydrogen (secondary N) is 1. The van der Waals surface area contributed by atoms with E-state index in [1.807, 2.05) is 31.3 Å². The van der Waals surface area contributed by atoms with Gasteiger partial charge in [-0.3, -0.25) is 0 Å². The lowest BCUT2D eigenvalue weighted by Crippen LogP contribution is -2.24. The summed E-state index contributed by atoms with van der Waals surface area (Å²) in [5.41, 5.74) is 0.869. The summed E-state index contributed by atoms with van der Waals surface area (Å²) in [6.45, 7) is 2.86. The highest BCUT2D eigenvalue weighted by Gasteiger charge is 2.23. The monoisotopic (exact) mass is 323 g/mol. The molecule has 1 N–H and O–H groups in total. The highest BCUT2D eigenvalue weighted by atomic mass is 35.5. The average Bonchev–Trinajstić information content (AvgIpc) is 3.23. The normalized spacial score (nSPS) is 15.2. The fourth-order valence-electron chi connectivity index (χ4n) is 2.08. The standard InChI is InChI=1S/C16H21N3O2.ClH/c1-11(17-2)9-15-18-16(21-19-15)13-5-3-4-6-14(13)20-10-12-7-8-12;/h3-6,11-12,17H,7-10H2,1-2H3;1H. The fourth-order valence-corrected chi connectivity index (χ4v) is 2.08. The number of rotatable bonds is 7. The average molecular weight is 324 g/mol. The molecule has 6 heteroatoms. The maximum atomic E-state index is 5.89. The van der Waals surface area contributed by atoms with Gasteiger partial charge in [-0.15, -0.1) is 12.4 Å². The molecule has 22 heavy (non-hydrogen) atoms. The summed E-state index contributed by atoms with van der Waals surface area (Å²) in [6.07, 6.45) is 3.29. The van der Waals surface area contributed by atoms with Crippen molar-refractivity contribution in [1.82, 2.24) is 15.5 Å². The number of ether oxygens (including phenoxy) is 1. The van der Waals surface area contributed by atoms with Crippen molar-refractivity contribution in [2.75, 3.05) is 13.7 Å². The molecule has 1 aliphatic carbocycles. The number of benzene rings is 1. The molecule has 0 amide bonds. The number of aromatic nitrogens is 2. The Morgan fingerprint density at radius 1 is 1.36 bits per heavy atom. The van der Waals surface area contributed by atoms with Gasteiger partial charge in [0.2, 0.25) is 0 Å². The quantitative estimate of drug-likeness (QED) is 0.848. The number of hydrogen-bond acceptors (Lipinski definition) is 5. The first-order chi connectivity index (χ1) is 10.3. The second kappa shape index (κ2) is 7.61. The van der Waals surface area contributed by atoms with Crippen LogP contribution < -0.4 is 10.1 Å². The molecule has 1 atom stereocenters. The molecule has 0 spiro atoms. The van der Waals surface area contributed by atoms with E-state index in [-0.39, 0.29) is 12.4 Å². The smallest absolute Gasteiger partial charge is 0.261 e. The van der Waals surface area contributed by atoms with Crippen LogP contribution in [0.4, 0.5) is 0 Å². The Balaban J connectivity index is 0.00000176. The molecule has 1 saturated carbocycles. The molecule has 2 aromatic rings. The van der Waals surface area contributed by atoms with Crippen LogP contribution in [0, 0.1) is 5.92 Å². The minimum absolute atomic E-state index is 0. The second-order valence-electron chi connectivity index (χ2n) is 5.66. The lowest BCUT2D eigenvalue weighted by molar-refractivity contribution is 0.299. The van der Waals surface area contributed by atoms with Crippen LogP contribution in [0.1, 0.15) is 25.6 Å². The van der Waals surface area contributed by atoms with Crippen LogP contribution in [-0.2, 0) is 6.42 Å². The Bertz CT molecular complexity index is 599. The summed E-state index contributed by atoms with van der Waals surface area (Å²) in [5.74, 6) is 2.78. The van der Waals surface area contributed by atoms with E-state index in [9.17, 15) is 0 Å². The van der Waals surface area contributed by atoms with E-state index in [1.165, 1.54) is 12.8 Å². The van der Waals surface area contributed by atoms with Crippen LogP contribution in [0.25, 0.3) is 11.5 Å². The van der Waals surface area contributed by atoms with E-state index in [2.05, 4.69) is 22.4 Å². The molecule has 1 aliphatic rings. The summed E-state index contributed by atoms with van der Waals surface area (Å²) < 4.78 is 11.3. The predicted octanol–water partition coefficient (Wildman–Crippen LogP) is 3.10. The second-order valence-corrected chi connectivity index (χ2v) is 5.66. The Labute approximate surface area is 136 Å². The van der Waals surface area contributed by atoms with E-state index >= 15 is 0 Å². The summed E-state index contributed by atoms with van der Waals surface area (Å²) in [4.78, 5) is 4.47. The molecular formula is C16H22ClN3O2. The van der Waals surface area contributed by atoms with Crippen LogP contribution in [0.15, 0.2) is 28.8 Å². The largest absolute Gasteiger partial charge is 0.492 e. The van der Waals surface area contributed by atoms with Gasteiger partial charge in [0.1, 0.15) is 5.75 Å². The molecule has 1 unspecified atom stereocenters. The van der Waals surface area contributed by atoms with E-state index in [4.69, 9.17) is 9.26 Å². The van der Waals surface area contributed by atoms with Gasteiger partial charge in [-0.1, -0.05) is 17.3 Å². The molecular weight excluding hydrogens is 302 g/mol. The SMILES string of the molecule is CNC(C)Cc1noc(-c2ccccc2OCC2CC2)n1.Cl. The van der Waals surface area contributed by atoms with Gasteiger partial charge in [-0.2, -0.15) is 4.98 Å². The van der Waals surface area contributed by atoms with Crippen LogP contribution >= 0.6 is 12.4 Å². The zero-order valence-electron chi connectivity index (χ0n) is 12.9. The molecule has 120 valence electrons. The number of hydrogen-bond donors (Lipinski definition) is 1. The number of para-hydroxylation sites is 1. The van der Waals surface area contributed by atoms with Crippen molar-refractivity contribution in [3.63, 3.8) is 0 Å². The van der Waals surface area contributed by atoms with E-state index in [1.54, 1.807) is 0 Å². The van der Waals surface area contributed by atoms with Gasteiger partial charge < -0.3 is 14.6 Å². The molecule has 0 radical (unpaired) electrons. The maximum Gasteiger partial charge on any atom is 0.261 e. The molecule has 1 fully saturated rings. The topological polar surface area (TPSA) is 60.2 Å². The molecule has 1 heterocycles.